The van der Waals surface area contributed by atoms with Gasteiger partial charge in [0.05, 0.1) is 18.4 Å². The van der Waals surface area contributed by atoms with Crippen LogP contribution in [0.1, 0.15) is 28.5 Å². The van der Waals surface area contributed by atoms with Crippen molar-refractivity contribution in [2.24, 2.45) is 0 Å². The molecule has 3 aromatic rings. The van der Waals surface area contributed by atoms with E-state index in [1.165, 1.54) is 16.7 Å². The van der Waals surface area contributed by atoms with Crippen LogP contribution in [0, 0.1) is 0 Å². The van der Waals surface area contributed by atoms with Crippen LogP contribution in [-0.2, 0) is 24.1 Å². The van der Waals surface area contributed by atoms with Gasteiger partial charge in [0.15, 0.2) is 5.82 Å². The van der Waals surface area contributed by atoms with Crippen molar-refractivity contribution in [2.75, 3.05) is 25.0 Å². The highest BCUT2D eigenvalue weighted by Gasteiger charge is 2.23. The van der Waals surface area contributed by atoms with E-state index < -0.39 is 0 Å². The number of nitrogens with zero attached hydrogens (tertiary/aromatic N) is 3. The molecule has 2 aromatic heterocycles. The van der Waals surface area contributed by atoms with Gasteiger partial charge in [0.25, 0.3) is 0 Å². The number of fused-ring (bicyclic) bond motifs is 2. The molecule has 0 saturated heterocycles. The molecule has 0 amide bonds. The topological polar surface area (TPSA) is 72.0 Å². The van der Waals surface area contributed by atoms with Gasteiger partial charge in [-0.1, -0.05) is 30.3 Å². The monoisotopic (exact) mass is 373 g/mol. The molecule has 0 spiro atoms. The van der Waals surface area contributed by atoms with Gasteiger partial charge in [0, 0.05) is 24.8 Å². The Balaban J connectivity index is 1.45. The lowest BCUT2D eigenvalue weighted by molar-refractivity contribution is 0.0513. The summed E-state index contributed by atoms with van der Waals surface area (Å²) < 4.78 is 6.05. The number of anilines is 1. The minimum Gasteiger partial charge on any atom is -0.371 e. The molecule has 0 radical (unpaired) electrons. The molecule has 2 aliphatic rings. The number of aromatic nitrogens is 3. The summed E-state index contributed by atoms with van der Waals surface area (Å²) in [4.78, 5) is 14.0. The summed E-state index contributed by atoms with van der Waals surface area (Å²) >= 11 is 0. The van der Waals surface area contributed by atoms with E-state index in [2.05, 4.69) is 39.9 Å². The lowest BCUT2D eigenvalue weighted by Crippen LogP contribution is -2.28. The Labute approximate surface area is 164 Å². The quantitative estimate of drug-likeness (QED) is 0.733. The Kier molecular flexibility index (Phi) is 4.72. The molecule has 1 unspecified atom stereocenters. The van der Waals surface area contributed by atoms with Crippen molar-refractivity contribution in [1.82, 2.24) is 20.3 Å². The van der Waals surface area contributed by atoms with Crippen LogP contribution in [0.3, 0.4) is 0 Å². The molecule has 2 aliphatic heterocycles. The molecular weight excluding hydrogens is 350 g/mol. The molecule has 1 aromatic carbocycles. The Morgan fingerprint density at radius 1 is 1.07 bits per heavy atom. The number of ether oxygens (including phenoxy) is 1. The van der Waals surface area contributed by atoms with E-state index in [-0.39, 0.29) is 6.10 Å². The molecule has 2 N–H and O–H groups in total. The molecular formula is C22H23N5O. The van der Waals surface area contributed by atoms with Crippen molar-refractivity contribution in [1.29, 1.82) is 0 Å². The van der Waals surface area contributed by atoms with Crippen molar-refractivity contribution >= 4 is 5.82 Å². The standard InChI is InChI=1S/C22H23N5O/c1-2-6-16-15(5-1)9-12-28-20(16)14-25-21-17-8-11-23-13-19(17)26-22(27-21)18-7-3-4-10-24-18/h1-7,10,20,23H,8-9,11-14H2,(H,25,26,27). The maximum atomic E-state index is 6.05. The van der Waals surface area contributed by atoms with Gasteiger partial charge in [-0.15, -0.1) is 0 Å². The second kappa shape index (κ2) is 7.66. The molecule has 6 nitrogen and oxygen atoms in total. The van der Waals surface area contributed by atoms with Gasteiger partial charge < -0.3 is 15.4 Å². The van der Waals surface area contributed by atoms with Gasteiger partial charge in [-0.05, 0) is 42.6 Å². The normalized spacial score (nSPS) is 18.2. The first-order valence-corrected chi connectivity index (χ1v) is 9.83. The smallest absolute Gasteiger partial charge is 0.180 e. The molecule has 4 heterocycles. The highest BCUT2D eigenvalue weighted by Crippen LogP contribution is 2.29. The van der Waals surface area contributed by atoms with Gasteiger partial charge in [-0.3, -0.25) is 4.98 Å². The maximum Gasteiger partial charge on any atom is 0.180 e. The van der Waals surface area contributed by atoms with Crippen molar-refractivity contribution in [2.45, 2.75) is 25.5 Å². The average molecular weight is 373 g/mol. The van der Waals surface area contributed by atoms with Gasteiger partial charge in [0.2, 0.25) is 0 Å². The zero-order valence-electron chi connectivity index (χ0n) is 15.7. The number of hydrogen-bond acceptors (Lipinski definition) is 6. The number of pyridine rings is 1. The lowest BCUT2D eigenvalue weighted by atomic mass is 9.97. The van der Waals surface area contributed by atoms with E-state index in [1.54, 1.807) is 6.20 Å². The Hall–Kier alpha value is -2.83. The third-order valence-electron chi connectivity index (χ3n) is 5.38. The molecule has 6 heteroatoms. The zero-order valence-corrected chi connectivity index (χ0v) is 15.7. The van der Waals surface area contributed by atoms with E-state index in [0.717, 1.165) is 49.7 Å². The zero-order chi connectivity index (χ0) is 18.8. The molecule has 0 fully saturated rings. The molecule has 1 atom stereocenters. The first-order chi connectivity index (χ1) is 13.9. The molecule has 28 heavy (non-hydrogen) atoms. The van der Waals surface area contributed by atoms with Crippen molar-refractivity contribution in [3.63, 3.8) is 0 Å². The summed E-state index contributed by atoms with van der Waals surface area (Å²) in [5, 5.41) is 6.96. The van der Waals surface area contributed by atoms with Crippen LogP contribution in [0.4, 0.5) is 5.82 Å². The number of nitrogens with one attached hydrogen (secondary N) is 2. The highest BCUT2D eigenvalue weighted by molar-refractivity contribution is 5.57. The maximum absolute atomic E-state index is 6.05. The number of hydrogen-bond donors (Lipinski definition) is 2. The number of benzene rings is 1. The van der Waals surface area contributed by atoms with Crippen LogP contribution in [0.2, 0.25) is 0 Å². The molecule has 142 valence electrons. The summed E-state index contributed by atoms with van der Waals surface area (Å²) in [5.41, 5.74) is 5.69. The predicted molar refractivity (Wildman–Crippen MR) is 108 cm³/mol. The molecule has 0 saturated carbocycles. The van der Waals surface area contributed by atoms with Crippen molar-refractivity contribution in [3.8, 4) is 11.5 Å². The fraction of sp³-hybridized carbons (Fsp3) is 0.318. The second-order valence-corrected chi connectivity index (χ2v) is 7.15. The molecule has 0 aliphatic carbocycles. The molecule has 0 bridgehead atoms. The first-order valence-electron chi connectivity index (χ1n) is 9.83. The van der Waals surface area contributed by atoms with Crippen LogP contribution < -0.4 is 10.6 Å². The predicted octanol–water partition coefficient (Wildman–Crippen LogP) is 2.91. The van der Waals surface area contributed by atoms with Gasteiger partial charge in [-0.25, -0.2) is 9.97 Å². The summed E-state index contributed by atoms with van der Waals surface area (Å²) in [5.74, 6) is 1.56. The van der Waals surface area contributed by atoms with Crippen LogP contribution >= 0.6 is 0 Å². The SMILES string of the molecule is c1ccc(-c2nc3c(c(NCC4OCCc5ccccc54)n2)CCNC3)nc1. The minimum atomic E-state index is 0.0376. The lowest BCUT2D eigenvalue weighted by Gasteiger charge is -2.27. The van der Waals surface area contributed by atoms with Crippen LogP contribution in [0.25, 0.3) is 11.5 Å². The van der Waals surface area contributed by atoms with Crippen molar-refractivity contribution < 1.29 is 4.74 Å². The number of rotatable bonds is 4. The van der Waals surface area contributed by atoms with Crippen LogP contribution in [-0.4, -0.2) is 34.6 Å². The van der Waals surface area contributed by atoms with E-state index in [1.807, 2.05) is 18.2 Å². The van der Waals surface area contributed by atoms with Crippen LogP contribution in [0.15, 0.2) is 48.7 Å². The van der Waals surface area contributed by atoms with E-state index in [4.69, 9.17) is 14.7 Å². The van der Waals surface area contributed by atoms with E-state index in [9.17, 15) is 0 Å². The fourth-order valence-electron chi connectivity index (χ4n) is 3.95. The van der Waals surface area contributed by atoms with Crippen LogP contribution in [0.5, 0.6) is 0 Å². The van der Waals surface area contributed by atoms with Crippen molar-refractivity contribution in [3.05, 3.63) is 71.0 Å². The Bertz CT molecular complexity index is 976. The fourth-order valence-corrected chi connectivity index (χ4v) is 3.95. The van der Waals surface area contributed by atoms with E-state index in [0.29, 0.717) is 12.4 Å². The largest absolute Gasteiger partial charge is 0.371 e. The second-order valence-electron chi connectivity index (χ2n) is 7.15. The van der Waals surface area contributed by atoms with Gasteiger partial charge in [0.1, 0.15) is 11.5 Å². The van der Waals surface area contributed by atoms with Gasteiger partial charge >= 0.3 is 0 Å². The third-order valence-corrected chi connectivity index (χ3v) is 5.38. The summed E-state index contributed by atoms with van der Waals surface area (Å²) in [7, 11) is 0. The first kappa shape index (κ1) is 17.3. The minimum absolute atomic E-state index is 0.0376. The molecule has 5 rings (SSSR count). The Morgan fingerprint density at radius 3 is 2.93 bits per heavy atom. The third kappa shape index (κ3) is 3.37. The van der Waals surface area contributed by atoms with E-state index >= 15 is 0 Å². The Morgan fingerprint density at radius 2 is 2.00 bits per heavy atom. The highest BCUT2D eigenvalue weighted by atomic mass is 16.5. The average Bonchev–Trinajstić information content (AvgIpc) is 2.78. The summed E-state index contributed by atoms with van der Waals surface area (Å²) in [6.07, 6.45) is 3.71. The van der Waals surface area contributed by atoms with Gasteiger partial charge in [-0.2, -0.15) is 0 Å². The summed E-state index contributed by atoms with van der Waals surface area (Å²) in [6, 6.07) is 14.4. The summed E-state index contributed by atoms with van der Waals surface area (Å²) in [6.45, 7) is 3.15.